The van der Waals surface area contributed by atoms with Crippen LogP contribution in [-0.2, 0) is 9.53 Å². The Labute approximate surface area is 138 Å². The lowest BCUT2D eigenvalue weighted by Gasteiger charge is -2.14. The van der Waals surface area contributed by atoms with Gasteiger partial charge in [0.25, 0.3) is 5.91 Å². The van der Waals surface area contributed by atoms with Crippen LogP contribution in [0.2, 0.25) is 5.15 Å². The summed E-state index contributed by atoms with van der Waals surface area (Å²) in [6.07, 6.45) is 0.515. The molecule has 0 fully saturated rings. The van der Waals surface area contributed by atoms with Gasteiger partial charge in [-0.1, -0.05) is 11.6 Å². The fourth-order valence-electron chi connectivity index (χ4n) is 2.08. The number of ether oxygens (including phenoxy) is 1. The highest BCUT2D eigenvalue weighted by atomic mass is 35.5. The van der Waals surface area contributed by atoms with Crippen molar-refractivity contribution in [1.82, 2.24) is 4.98 Å². The van der Waals surface area contributed by atoms with Gasteiger partial charge < -0.3 is 14.5 Å². The molecule has 1 amide bonds. The van der Waals surface area contributed by atoms with E-state index >= 15 is 0 Å². The van der Waals surface area contributed by atoms with Gasteiger partial charge in [-0.05, 0) is 39.8 Å². The van der Waals surface area contributed by atoms with Crippen molar-refractivity contribution in [3.05, 3.63) is 46.1 Å². The molecule has 2 heterocycles. The second kappa shape index (κ2) is 6.83. The molecule has 2 aromatic heterocycles. The smallest absolute Gasteiger partial charge is 0.342 e. The number of pyridine rings is 1. The fraction of sp³-hybridized carbons (Fsp3) is 0.312. The summed E-state index contributed by atoms with van der Waals surface area (Å²) in [5.74, 6) is 0.0159. The number of halogens is 1. The van der Waals surface area contributed by atoms with Crippen LogP contribution in [-0.4, -0.2) is 23.0 Å². The van der Waals surface area contributed by atoms with E-state index in [9.17, 15) is 9.59 Å². The number of amides is 1. The minimum absolute atomic E-state index is 0.163. The molecule has 2 aromatic rings. The highest BCUT2D eigenvalue weighted by molar-refractivity contribution is 6.32. The lowest BCUT2D eigenvalue weighted by atomic mass is 10.1. The van der Waals surface area contributed by atoms with Crippen LogP contribution in [0.1, 0.15) is 34.4 Å². The number of furan rings is 1. The van der Waals surface area contributed by atoms with Crippen LogP contribution in [0.4, 0.5) is 5.69 Å². The van der Waals surface area contributed by atoms with E-state index in [1.807, 2.05) is 0 Å². The first-order valence-electron chi connectivity index (χ1n) is 7.00. The van der Waals surface area contributed by atoms with Crippen LogP contribution in [0, 0.1) is 20.8 Å². The molecule has 1 N–H and O–H groups in total. The first kappa shape index (κ1) is 17.0. The largest absolute Gasteiger partial charge is 0.465 e. The van der Waals surface area contributed by atoms with Crippen molar-refractivity contribution in [3.8, 4) is 0 Å². The summed E-state index contributed by atoms with van der Waals surface area (Å²) in [5.41, 5.74) is 1.41. The maximum atomic E-state index is 12.2. The summed E-state index contributed by atoms with van der Waals surface area (Å²) in [4.78, 5) is 28.2. The zero-order valence-electron chi connectivity index (χ0n) is 13.3. The molecule has 1 atom stereocenters. The highest BCUT2D eigenvalue weighted by Crippen LogP contribution is 2.22. The Morgan fingerprint density at radius 2 is 2.00 bits per heavy atom. The van der Waals surface area contributed by atoms with Gasteiger partial charge in [0.05, 0.1) is 5.69 Å². The number of esters is 1. The van der Waals surface area contributed by atoms with Gasteiger partial charge in [-0.25, -0.2) is 9.78 Å². The summed E-state index contributed by atoms with van der Waals surface area (Å²) in [6, 6.07) is 3.24. The molecule has 23 heavy (non-hydrogen) atoms. The normalized spacial score (nSPS) is 11.9. The molecule has 0 aliphatic heterocycles. The Morgan fingerprint density at radius 3 is 2.57 bits per heavy atom. The number of aryl methyl sites for hydroxylation is 2. The van der Waals surface area contributed by atoms with Crippen molar-refractivity contribution in [2.75, 3.05) is 5.32 Å². The number of hydrogen-bond acceptors (Lipinski definition) is 5. The Balaban J connectivity index is 2.06. The van der Waals surface area contributed by atoms with Gasteiger partial charge in [0.1, 0.15) is 17.1 Å². The van der Waals surface area contributed by atoms with Crippen LogP contribution in [0.3, 0.4) is 0 Å². The molecule has 0 aromatic carbocycles. The van der Waals surface area contributed by atoms with Crippen molar-refractivity contribution in [3.63, 3.8) is 0 Å². The zero-order valence-corrected chi connectivity index (χ0v) is 14.0. The number of rotatable bonds is 4. The molecular weight excluding hydrogens is 320 g/mol. The van der Waals surface area contributed by atoms with E-state index in [0.717, 1.165) is 0 Å². The number of carbonyl (C=O) groups excluding carboxylic acids is 2. The molecule has 0 aliphatic carbocycles. The van der Waals surface area contributed by atoms with Crippen molar-refractivity contribution < 1.29 is 18.7 Å². The molecule has 122 valence electrons. The van der Waals surface area contributed by atoms with Crippen LogP contribution in [0.5, 0.6) is 0 Å². The van der Waals surface area contributed by atoms with Crippen molar-refractivity contribution >= 4 is 29.2 Å². The van der Waals surface area contributed by atoms with Gasteiger partial charge in [-0.3, -0.25) is 4.79 Å². The van der Waals surface area contributed by atoms with Gasteiger partial charge in [0.15, 0.2) is 11.3 Å². The van der Waals surface area contributed by atoms with Crippen LogP contribution in [0.25, 0.3) is 0 Å². The molecule has 0 aliphatic rings. The third kappa shape index (κ3) is 3.71. The van der Waals surface area contributed by atoms with Gasteiger partial charge in [0, 0.05) is 11.8 Å². The lowest BCUT2D eigenvalue weighted by molar-refractivity contribution is -0.123. The third-order valence-corrected chi connectivity index (χ3v) is 3.74. The van der Waals surface area contributed by atoms with Crippen LogP contribution >= 0.6 is 11.6 Å². The van der Waals surface area contributed by atoms with E-state index in [2.05, 4.69) is 10.3 Å². The number of nitrogens with one attached hydrogen (secondary N) is 1. The van der Waals surface area contributed by atoms with E-state index in [1.54, 1.807) is 32.9 Å². The standard InChI is InChI=1S/C16H17ClN2O4/c1-8-9(2)22-10(3)13(8)16(21)23-11(4)15(20)19-12-6-5-7-18-14(12)17/h5-7,11H,1-4H3,(H,19,20)/t11-/m1/s1. The number of hydrogen-bond donors (Lipinski definition) is 1. The Kier molecular flexibility index (Phi) is 5.05. The van der Waals surface area contributed by atoms with Crippen molar-refractivity contribution in [2.45, 2.75) is 33.8 Å². The van der Waals surface area contributed by atoms with Gasteiger partial charge >= 0.3 is 5.97 Å². The van der Waals surface area contributed by atoms with E-state index in [0.29, 0.717) is 28.3 Å². The summed E-state index contributed by atoms with van der Waals surface area (Å²) in [5, 5.41) is 2.73. The van der Waals surface area contributed by atoms with Crippen LogP contribution in [0.15, 0.2) is 22.7 Å². The van der Waals surface area contributed by atoms with Crippen molar-refractivity contribution in [2.24, 2.45) is 0 Å². The minimum atomic E-state index is -0.993. The summed E-state index contributed by atoms with van der Waals surface area (Å²) >= 11 is 5.87. The molecule has 0 saturated heterocycles. The lowest BCUT2D eigenvalue weighted by Crippen LogP contribution is -2.30. The Bertz CT molecular complexity index is 755. The molecule has 0 bridgehead atoms. The minimum Gasteiger partial charge on any atom is -0.465 e. The van der Waals surface area contributed by atoms with Gasteiger partial charge in [-0.2, -0.15) is 0 Å². The predicted octanol–water partition coefficient (Wildman–Crippen LogP) is 3.44. The second-order valence-electron chi connectivity index (χ2n) is 5.09. The average Bonchev–Trinajstić information content (AvgIpc) is 2.74. The number of anilines is 1. The first-order chi connectivity index (χ1) is 10.8. The monoisotopic (exact) mass is 336 g/mol. The first-order valence-corrected chi connectivity index (χ1v) is 7.38. The van der Waals surface area contributed by atoms with Gasteiger partial charge in [-0.15, -0.1) is 0 Å². The van der Waals surface area contributed by atoms with E-state index < -0.39 is 18.0 Å². The topological polar surface area (TPSA) is 81.4 Å². The zero-order chi connectivity index (χ0) is 17.1. The number of nitrogens with zero attached hydrogens (tertiary/aromatic N) is 1. The maximum Gasteiger partial charge on any atom is 0.342 e. The van der Waals surface area contributed by atoms with E-state index in [-0.39, 0.29) is 5.15 Å². The van der Waals surface area contributed by atoms with Crippen molar-refractivity contribution in [1.29, 1.82) is 0 Å². The molecule has 0 unspecified atom stereocenters. The third-order valence-electron chi connectivity index (χ3n) is 3.44. The van der Waals surface area contributed by atoms with E-state index in [4.69, 9.17) is 20.8 Å². The Morgan fingerprint density at radius 1 is 1.30 bits per heavy atom. The number of aromatic nitrogens is 1. The predicted molar refractivity (Wildman–Crippen MR) is 85.7 cm³/mol. The SMILES string of the molecule is Cc1oc(C)c(C(=O)O[C@H](C)C(=O)Nc2cccnc2Cl)c1C. The molecule has 0 radical (unpaired) electrons. The maximum absolute atomic E-state index is 12.2. The summed E-state index contributed by atoms with van der Waals surface area (Å²) < 4.78 is 10.6. The fourth-order valence-corrected chi connectivity index (χ4v) is 2.25. The van der Waals surface area contributed by atoms with Crippen LogP contribution < -0.4 is 5.32 Å². The average molecular weight is 337 g/mol. The summed E-state index contributed by atoms with van der Waals surface area (Å²) in [7, 11) is 0. The molecule has 6 nitrogen and oxygen atoms in total. The Hall–Kier alpha value is -2.34. The number of carbonyl (C=O) groups is 2. The highest BCUT2D eigenvalue weighted by Gasteiger charge is 2.25. The second-order valence-corrected chi connectivity index (χ2v) is 5.45. The van der Waals surface area contributed by atoms with E-state index in [1.165, 1.54) is 13.1 Å². The quantitative estimate of drug-likeness (QED) is 0.683. The summed E-state index contributed by atoms with van der Waals surface area (Å²) in [6.45, 7) is 6.69. The molecule has 0 spiro atoms. The molecule has 2 rings (SSSR count). The molecular formula is C16H17ClN2O4. The molecule has 7 heteroatoms. The molecule has 0 saturated carbocycles. The van der Waals surface area contributed by atoms with Gasteiger partial charge in [0.2, 0.25) is 0 Å².